The zero-order valence-corrected chi connectivity index (χ0v) is 43.1. The Hall–Kier alpha value is -4.19. The first-order valence-electron chi connectivity index (χ1n) is 27.0. The third-order valence-electron chi connectivity index (χ3n) is 10.9. The Morgan fingerprint density at radius 2 is 0.612 bits per heavy atom. The molecule has 0 atom stereocenters. The zero-order chi connectivity index (χ0) is 48.6. The summed E-state index contributed by atoms with van der Waals surface area (Å²) in [5.41, 5.74) is 0. The van der Waals surface area contributed by atoms with E-state index < -0.39 is 12.1 Å². The van der Waals surface area contributed by atoms with Crippen molar-refractivity contribution in [3.05, 3.63) is 122 Å². The van der Waals surface area contributed by atoms with Gasteiger partial charge >= 0.3 is 17.9 Å². The molecule has 0 saturated heterocycles. The van der Waals surface area contributed by atoms with Crippen molar-refractivity contribution < 1.29 is 28.6 Å². The molecular weight excluding hydrogens is 829 g/mol. The summed E-state index contributed by atoms with van der Waals surface area (Å²) in [5, 5.41) is 0. The number of hydrogen-bond donors (Lipinski definition) is 0. The van der Waals surface area contributed by atoms with E-state index in [0.717, 1.165) is 128 Å². The maximum atomic E-state index is 12.8. The Kier molecular flexibility index (Phi) is 51.0. The molecule has 0 amide bonds. The predicted octanol–water partition coefficient (Wildman–Crippen LogP) is 18.1. The molecule has 0 aromatic heterocycles. The summed E-state index contributed by atoms with van der Waals surface area (Å²) < 4.78 is 16.7. The van der Waals surface area contributed by atoms with E-state index in [2.05, 4.69) is 130 Å². The second-order valence-electron chi connectivity index (χ2n) is 17.4. The summed E-state index contributed by atoms with van der Waals surface area (Å²) in [5.74, 6) is -1.04. The van der Waals surface area contributed by atoms with Crippen LogP contribution in [0.3, 0.4) is 0 Å². The number of rotatable bonds is 47. The minimum Gasteiger partial charge on any atom is -0.462 e. The molecule has 67 heavy (non-hydrogen) atoms. The lowest BCUT2D eigenvalue weighted by Gasteiger charge is -2.18. The molecule has 0 aliphatic rings. The van der Waals surface area contributed by atoms with E-state index >= 15 is 0 Å². The van der Waals surface area contributed by atoms with E-state index in [1.165, 1.54) is 51.4 Å². The third-order valence-corrected chi connectivity index (χ3v) is 10.9. The molecule has 0 aliphatic heterocycles. The van der Waals surface area contributed by atoms with Crippen LogP contribution in [0.5, 0.6) is 0 Å². The Labute approximate surface area is 412 Å². The largest absolute Gasteiger partial charge is 0.462 e. The van der Waals surface area contributed by atoms with Crippen LogP contribution in [-0.4, -0.2) is 37.2 Å². The van der Waals surface area contributed by atoms with Gasteiger partial charge in [-0.25, -0.2) is 0 Å². The second kappa shape index (κ2) is 54.4. The average Bonchev–Trinajstić information content (AvgIpc) is 3.33. The molecule has 6 heteroatoms. The standard InChI is InChI=1S/C61H98O6/c1-4-7-10-13-16-19-22-25-28-29-30-31-34-37-40-43-46-49-52-55-61(64)67-58(56-65-59(62)53-50-47-44-41-38-35-32-26-23-20-17-14-11-8-5-2)57-66-60(63)54-51-48-45-42-39-36-33-27-24-21-18-15-12-9-6-3/h7,10,16-21,25-28,30-33,37,40,46,49,58H,4-6,8-9,11-15,22-24,29,34-36,38-39,41-45,47-48,50-57H2,1-3H3. The summed E-state index contributed by atoms with van der Waals surface area (Å²) in [4.78, 5) is 38.0. The van der Waals surface area contributed by atoms with Gasteiger partial charge in [0.25, 0.3) is 0 Å². The molecule has 378 valence electrons. The van der Waals surface area contributed by atoms with Gasteiger partial charge in [0.05, 0.1) is 0 Å². The van der Waals surface area contributed by atoms with E-state index in [-0.39, 0.29) is 31.6 Å². The molecule has 0 aromatic carbocycles. The summed E-state index contributed by atoms with van der Waals surface area (Å²) >= 11 is 0. The first kappa shape index (κ1) is 62.8. The highest BCUT2D eigenvalue weighted by Crippen LogP contribution is 2.12. The van der Waals surface area contributed by atoms with Crippen LogP contribution >= 0.6 is 0 Å². The molecule has 0 N–H and O–H groups in total. The highest BCUT2D eigenvalue weighted by molar-refractivity contribution is 5.71. The quantitative estimate of drug-likeness (QED) is 0.0262. The predicted molar refractivity (Wildman–Crippen MR) is 288 cm³/mol. The molecule has 0 fully saturated rings. The number of carbonyl (C=O) groups is 3. The lowest BCUT2D eigenvalue weighted by Crippen LogP contribution is -2.30. The molecule has 0 heterocycles. The molecule has 0 aromatic rings. The second-order valence-corrected chi connectivity index (χ2v) is 17.4. The lowest BCUT2D eigenvalue weighted by atomic mass is 10.1. The summed E-state index contributed by atoms with van der Waals surface area (Å²) in [6.45, 7) is 6.37. The number of unbranched alkanes of at least 4 members (excludes halogenated alkanes) is 16. The Bertz CT molecular complexity index is 1370. The van der Waals surface area contributed by atoms with Gasteiger partial charge in [0.15, 0.2) is 6.10 Å². The van der Waals surface area contributed by atoms with Crippen molar-refractivity contribution in [2.45, 2.75) is 232 Å². The van der Waals surface area contributed by atoms with Crippen LogP contribution in [0.1, 0.15) is 226 Å². The molecule has 0 spiro atoms. The van der Waals surface area contributed by atoms with Gasteiger partial charge in [-0.1, -0.05) is 206 Å². The molecule has 0 bridgehead atoms. The van der Waals surface area contributed by atoms with Gasteiger partial charge in [-0.2, -0.15) is 0 Å². The Morgan fingerprint density at radius 1 is 0.313 bits per heavy atom. The number of esters is 3. The zero-order valence-electron chi connectivity index (χ0n) is 43.1. The highest BCUT2D eigenvalue weighted by atomic mass is 16.6. The van der Waals surface area contributed by atoms with E-state index in [9.17, 15) is 14.4 Å². The van der Waals surface area contributed by atoms with Gasteiger partial charge in [-0.3, -0.25) is 14.4 Å². The van der Waals surface area contributed by atoms with Crippen LogP contribution in [0, 0.1) is 0 Å². The molecule has 0 radical (unpaired) electrons. The normalized spacial score (nSPS) is 13.1. The van der Waals surface area contributed by atoms with Gasteiger partial charge in [0.2, 0.25) is 0 Å². The van der Waals surface area contributed by atoms with Crippen molar-refractivity contribution >= 4 is 17.9 Å². The number of carbonyl (C=O) groups excluding carboxylic acids is 3. The monoisotopic (exact) mass is 927 g/mol. The molecule has 0 saturated carbocycles. The van der Waals surface area contributed by atoms with Crippen LogP contribution < -0.4 is 0 Å². The maximum Gasteiger partial charge on any atom is 0.306 e. The minimum atomic E-state index is -0.833. The van der Waals surface area contributed by atoms with Crippen LogP contribution in [0.4, 0.5) is 0 Å². The van der Waals surface area contributed by atoms with Crippen molar-refractivity contribution in [3.63, 3.8) is 0 Å². The van der Waals surface area contributed by atoms with Crippen molar-refractivity contribution in [1.29, 1.82) is 0 Å². The summed E-state index contributed by atoms with van der Waals surface area (Å²) in [6, 6.07) is 0. The SMILES string of the molecule is CCC=CCC=CCC=CCC=CCC=CCC=CCCC(=O)OC(COC(=O)CCCCCCCC=CCC=CCCCCC)COC(=O)CCCCCCCC=CCC=CCCCCC. The maximum absolute atomic E-state index is 12.8. The fourth-order valence-electron chi connectivity index (χ4n) is 6.88. The van der Waals surface area contributed by atoms with Crippen molar-refractivity contribution in [3.8, 4) is 0 Å². The van der Waals surface area contributed by atoms with Gasteiger partial charge in [-0.05, 0) is 122 Å². The van der Waals surface area contributed by atoms with E-state index in [4.69, 9.17) is 14.2 Å². The van der Waals surface area contributed by atoms with Gasteiger partial charge < -0.3 is 14.2 Å². The molecule has 0 unspecified atom stereocenters. The van der Waals surface area contributed by atoms with Crippen LogP contribution in [0.25, 0.3) is 0 Å². The van der Waals surface area contributed by atoms with Gasteiger partial charge in [0.1, 0.15) is 13.2 Å². The van der Waals surface area contributed by atoms with Gasteiger partial charge in [-0.15, -0.1) is 0 Å². The molecule has 0 aliphatic carbocycles. The Balaban J connectivity index is 4.58. The Morgan fingerprint density at radius 3 is 0.970 bits per heavy atom. The number of ether oxygens (including phenoxy) is 3. The van der Waals surface area contributed by atoms with E-state index in [0.29, 0.717) is 19.3 Å². The van der Waals surface area contributed by atoms with Crippen LogP contribution in [0.15, 0.2) is 122 Å². The smallest absolute Gasteiger partial charge is 0.306 e. The summed E-state index contributed by atoms with van der Waals surface area (Å²) in [6.07, 6.45) is 74.7. The first-order valence-corrected chi connectivity index (χ1v) is 27.0. The third kappa shape index (κ3) is 52.6. The molecule has 6 nitrogen and oxygen atoms in total. The molecular formula is C61H98O6. The minimum absolute atomic E-state index is 0.123. The first-order chi connectivity index (χ1) is 33.0. The van der Waals surface area contributed by atoms with E-state index in [1.54, 1.807) is 0 Å². The number of hydrogen-bond acceptors (Lipinski definition) is 6. The van der Waals surface area contributed by atoms with Gasteiger partial charge in [0, 0.05) is 19.3 Å². The topological polar surface area (TPSA) is 78.9 Å². The molecule has 0 rings (SSSR count). The fraction of sp³-hybridized carbons (Fsp3) is 0.623. The summed E-state index contributed by atoms with van der Waals surface area (Å²) in [7, 11) is 0. The van der Waals surface area contributed by atoms with Crippen molar-refractivity contribution in [2.75, 3.05) is 13.2 Å². The van der Waals surface area contributed by atoms with Crippen LogP contribution in [-0.2, 0) is 28.6 Å². The average molecular weight is 927 g/mol. The van der Waals surface area contributed by atoms with Crippen molar-refractivity contribution in [2.24, 2.45) is 0 Å². The highest BCUT2D eigenvalue weighted by Gasteiger charge is 2.19. The van der Waals surface area contributed by atoms with E-state index in [1.807, 2.05) is 12.2 Å². The van der Waals surface area contributed by atoms with Crippen LogP contribution in [0.2, 0.25) is 0 Å². The number of allylic oxidation sites excluding steroid dienone is 20. The lowest BCUT2D eigenvalue weighted by molar-refractivity contribution is -0.166. The van der Waals surface area contributed by atoms with Crippen molar-refractivity contribution in [1.82, 2.24) is 0 Å². The fourth-order valence-corrected chi connectivity index (χ4v) is 6.88.